The van der Waals surface area contributed by atoms with Gasteiger partial charge >= 0.3 is 0 Å². The zero-order valence-electron chi connectivity index (χ0n) is 5.98. The number of benzene rings is 1. The Labute approximate surface area is 73.6 Å². The molecule has 0 spiro atoms. The Bertz CT molecular complexity index is 279. The van der Waals surface area contributed by atoms with Crippen molar-refractivity contribution in [3.8, 4) is 0 Å². The summed E-state index contributed by atoms with van der Waals surface area (Å²) in [5, 5.41) is 0. The molecule has 0 radical (unpaired) electrons. The van der Waals surface area contributed by atoms with E-state index in [0.29, 0.717) is 0 Å². The average Bonchev–Trinajstić information content (AvgIpc) is 2.70. The summed E-state index contributed by atoms with van der Waals surface area (Å²) in [6, 6.07) is 6.95. The molecule has 0 nitrogen and oxygen atoms in total. The first kappa shape index (κ1) is 7.29. The van der Waals surface area contributed by atoms with Gasteiger partial charge in [0.15, 0.2) is 0 Å². The molecule has 0 amide bonds. The highest BCUT2D eigenvalue weighted by Gasteiger charge is 2.43. The van der Waals surface area contributed by atoms with Gasteiger partial charge in [-0.15, -0.1) is 0 Å². The van der Waals surface area contributed by atoms with Crippen molar-refractivity contribution in [2.75, 3.05) is 0 Å². The molecule has 0 heterocycles. The van der Waals surface area contributed by atoms with E-state index in [9.17, 15) is 4.39 Å². The number of hydrogen-bond acceptors (Lipinski definition) is 0. The lowest BCUT2D eigenvalue weighted by Gasteiger charge is -2.06. The van der Waals surface area contributed by atoms with Crippen LogP contribution in [-0.2, 0) is 4.32 Å². The molecule has 1 aromatic carbocycles. The van der Waals surface area contributed by atoms with E-state index in [1.807, 2.05) is 12.1 Å². The molecule has 1 aliphatic rings. The van der Waals surface area contributed by atoms with Gasteiger partial charge in [0.05, 0.1) is 4.32 Å². The molecular weight excluding hydrogens is 207 g/mol. The summed E-state index contributed by atoms with van der Waals surface area (Å²) < 4.78 is 13.1. The minimum Gasteiger partial charge on any atom is -0.207 e. The van der Waals surface area contributed by atoms with Crippen LogP contribution in [0.4, 0.5) is 4.39 Å². The quantitative estimate of drug-likeness (QED) is 0.631. The van der Waals surface area contributed by atoms with Gasteiger partial charge in [0.25, 0.3) is 0 Å². The van der Waals surface area contributed by atoms with E-state index < -0.39 is 0 Å². The third kappa shape index (κ3) is 1.20. The van der Waals surface area contributed by atoms with Crippen LogP contribution in [0.2, 0.25) is 0 Å². The van der Waals surface area contributed by atoms with Crippen LogP contribution in [0.15, 0.2) is 24.3 Å². The number of alkyl halides is 1. The Morgan fingerprint density at radius 1 is 1.27 bits per heavy atom. The second-order valence-corrected chi connectivity index (χ2v) is 4.46. The van der Waals surface area contributed by atoms with E-state index >= 15 is 0 Å². The van der Waals surface area contributed by atoms with Gasteiger partial charge in [0, 0.05) is 5.56 Å². The molecule has 1 saturated carbocycles. The Kier molecular flexibility index (Phi) is 1.53. The van der Waals surface area contributed by atoms with Gasteiger partial charge in [-0.3, -0.25) is 0 Å². The van der Waals surface area contributed by atoms with E-state index in [1.54, 1.807) is 6.07 Å². The second kappa shape index (κ2) is 2.31. The summed E-state index contributed by atoms with van der Waals surface area (Å²) in [7, 11) is 0. The monoisotopic (exact) mass is 214 g/mol. The smallest absolute Gasteiger partial charge is 0.127 e. The number of hydrogen-bond donors (Lipinski definition) is 0. The first-order valence-electron chi connectivity index (χ1n) is 3.66. The summed E-state index contributed by atoms with van der Waals surface area (Å²) in [5.41, 5.74) is 0.806. The summed E-state index contributed by atoms with van der Waals surface area (Å²) in [4.78, 5) is 0. The van der Waals surface area contributed by atoms with Crippen molar-refractivity contribution in [3.05, 3.63) is 35.6 Å². The van der Waals surface area contributed by atoms with Gasteiger partial charge in [-0.25, -0.2) is 4.39 Å². The predicted octanol–water partition coefficient (Wildman–Crippen LogP) is 3.21. The van der Waals surface area contributed by atoms with E-state index in [1.165, 1.54) is 6.07 Å². The van der Waals surface area contributed by atoms with Crippen molar-refractivity contribution in [3.63, 3.8) is 0 Å². The number of halogens is 2. The Morgan fingerprint density at radius 2 is 1.91 bits per heavy atom. The van der Waals surface area contributed by atoms with E-state index in [0.717, 1.165) is 18.4 Å². The fourth-order valence-corrected chi connectivity index (χ4v) is 1.72. The fraction of sp³-hybridized carbons (Fsp3) is 0.333. The zero-order valence-corrected chi connectivity index (χ0v) is 7.57. The van der Waals surface area contributed by atoms with Crippen LogP contribution in [0.1, 0.15) is 18.4 Å². The molecule has 2 rings (SSSR count). The first-order valence-corrected chi connectivity index (χ1v) is 4.46. The van der Waals surface area contributed by atoms with Crippen molar-refractivity contribution < 1.29 is 4.39 Å². The molecule has 0 saturated heterocycles. The standard InChI is InChI=1S/C9H8BrF/c10-9(5-6-9)7-3-1-2-4-8(7)11/h1-4H,5-6H2. The molecule has 1 fully saturated rings. The zero-order chi connectivity index (χ0) is 7.90. The average molecular weight is 215 g/mol. The Balaban J connectivity index is 2.45. The number of rotatable bonds is 1. The molecule has 0 N–H and O–H groups in total. The van der Waals surface area contributed by atoms with Gasteiger partial charge < -0.3 is 0 Å². The normalized spacial score (nSPS) is 19.8. The topological polar surface area (TPSA) is 0 Å². The molecule has 0 aliphatic heterocycles. The van der Waals surface area contributed by atoms with Crippen LogP contribution in [-0.4, -0.2) is 0 Å². The predicted molar refractivity (Wildman–Crippen MR) is 46.2 cm³/mol. The molecule has 58 valence electrons. The van der Waals surface area contributed by atoms with Gasteiger partial charge in [-0.2, -0.15) is 0 Å². The van der Waals surface area contributed by atoms with E-state index in [2.05, 4.69) is 15.9 Å². The lowest BCUT2D eigenvalue weighted by Crippen LogP contribution is -1.98. The van der Waals surface area contributed by atoms with E-state index in [4.69, 9.17) is 0 Å². The summed E-state index contributed by atoms with van der Waals surface area (Å²) >= 11 is 3.51. The van der Waals surface area contributed by atoms with Crippen LogP contribution in [0.5, 0.6) is 0 Å². The van der Waals surface area contributed by atoms with Crippen molar-refractivity contribution in [1.82, 2.24) is 0 Å². The molecule has 0 bridgehead atoms. The van der Waals surface area contributed by atoms with Crippen molar-refractivity contribution >= 4 is 15.9 Å². The molecule has 0 atom stereocenters. The SMILES string of the molecule is Fc1ccccc1C1(Br)CC1. The maximum absolute atomic E-state index is 13.1. The van der Waals surface area contributed by atoms with Gasteiger partial charge in [-0.1, -0.05) is 34.1 Å². The first-order chi connectivity index (χ1) is 5.22. The van der Waals surface area contributed by atoms with Crippen LogP contribution in [0.25, 0.3) is 0 Å². The lowest BCUT2D eigenvalue weighted by atomic mass is 10.1. The Hall–Kier alpha value is -0.370. The Morgan fingerprint density at radius 3 is 2.45 bits per heavy atom. The summed E-state index contributed by atoms with van der Waals surface area (Å²) in [6.45, 7) is 0. The minimum absolute atomic E-state index is 0.0294. The minimum atomic E-state index is -0.0955. The van der Waals surface area contributed by atoms with E-state index in [-0.39, 0.29) is 10.1 Å². The van der Waals surface area contributed by atoms with Gasteiger partial charge in [0.1, 0.15) is 5.82 Å². The molecule has 1 aliphatic carbocycles. The maximum atomic E-state index is 13.1. The van der Waals surface area contributed by atoms with Crippen LogP contribution >= 0.6 is 15.9 Å². The summed E-state index contributed by atoms with van der Waals surface area (Å²) in [5.74, 6) is -0.0955. The lowest BCUT2D eigenvalue weighted by molar-refractivity contribution is 0.608. The van der Waals surface area contributed by atoms with Gasteiger partial charge in [0.2, 0.25) is 0 Å². The highest BCUT2D eigenvalue weighted by atomic mass is 79.9. The van der Waals surface area contributed by atoms with Crippen LogP contribution in [0, 0.1) is 5.82 Å². The molecule has 11 heavy (non-hydrogen) atoms. The van der Waals surface area contributed by atoms with Crippen molar-refractivity contribution in [2.45, 2.75) is 17.2 Å². The largest absolute Gasteiger partial charge is 0.207 e. The van der Waals surface area contributed by atoms with Crippen molar-refractivity contribution in [1.29, 1.82) is 0 Å². The maximum Gasteiger partial charge on any atom is 0.127 e. The molecule has 2 heteroatoms. The summed E-state index contributed by atoms with van der Waals surface area (Å²) in [6.07, 6.45) is 2.10. The molecular formula is C9H8BrF. The highest BCUT2D eigenvalue weighted by Crippen LogP contribution is 2.54. The van der Waals surface area contributed by atoms with Crippen molar-refractivity contribution in [2.24, 2.45) is 0 Å². The highest BCUT2D eigenvalue weighted by molar-refractivity contribution is 9.09. The fourth-order valence-electron chi connectivity index (χ4n) is 1.20. The molecule has 1 aromatic rings. The molecule has 0 aromatic heterocycles. The third-order valence-electron chi connectivity index (χ3n) is 2.05. The van der Waals surface area contributed by atoms with Crippen LogP contribution in [0.3, 0.4) is 0 Å². The van der Waals surface area contributed by atoms with Gasteiger partial charge in [-0.05, 0) is 18.9 Å². The second-order valence-electron chi connectivity index (χ2n) is 2.95. The third-order valence-corrected chi connectivity index (χ3v) is 3.27. The molecule has 0 unspecified atom stereocenters. The van der Waals surface area contributed by atoms with Crippen LogP contribution < -0.4 is 0 Å².